The third-order valence-electron chi connectivity index (χ3n) is 3.18. The zero-order valence-corrected chi connectivity index (χ0v) is 10.2. The first-order valence-corrected chi connectivity index (χ1v) is 5.94. The highest BCUT2D eigenvalue weighted by molar-refractivity contribution is 5.36. The van der Waals surface area contributed by atoms with Crippen molar-refractivity contribution in [3.63, 3.8) is 0 Å². The Morgan fingerprint density at radius 3 is 2.71 bits per heavy atom. The van der Waals surface area contributed by atoms with E-state index in [1.54, 1.807) is 0 Å². The standard InChI is InChI=1S/C13H18F2N2/c1-8(2)6-17-7-11-10(13(17)5-16)3-9(14)4-12(11)15/h3-4,8,13H,5-7,16H2,1-2H3. The van der Waals surface area contributed by atoms with Crippen molar-refractivity contribution in [2.24, 2.45) is 11.7 Å². The van der Waals surface area contributed by atoms with Gasteiger partial charge in [-0.3, -0.25) is 4.90 Å². The number of hydrogen-bond donors (Lipinski definition) is 1. The fourth-order valence-electron chi connectivity index (χ4n) is 2.53. The summed E-state index contributed by atoms with van der Waals surface area (Å²) >= 11 is 0. The van der Waals surface area contributed by atoms with E-state index in [2.05, 4.69) is 18.7 Å². The van der Waals surface area contributed by atoms with Gasteiger partial charge in [-0.15, -0.1) is 0 Å². The molecule has 1 aromatic carbocycles. The molecule has 0 saturated heterocycles. The topological polar surface area (TPSA) is 29.3 Å². The minimum Gasteiger partial charge on any atom is -0.329 e. The molecule has 1 aromatic rings. The van der Waals surface area contributed by atoms with Gasteiger partial charge in [0.1, 0.15) is 11.6 Å². The smallest absolute Gasteiger partial charge is 0.130 e. The normalized spacial score (nSPS) is 20.0. The van der Waals surface area contributed by atoms with Crippen LogP contribution in [0.2, 0.25) is 0 Å². The summed E-state index contributed by atoms with van der Waals surface area (Å²) in [5.74, 6) is -0.498. The van der Waals surface area contributed by atoms with E-state index < -0.39 is 11.6 Å². The van der Waals surface area contributed by atoms with E-state index in [0.717, 1.165) is 12.6 Å². The molecule has 1 heterocycles. The third kappa shape index (κ3) is 2.33. The summed E-state index contributed by atoms with van der Waals surface area (Å²) in [7, 11) is 0. The quantitative estimate of drug-likeness (QED) is 0.879. The van der Waals surface area contributed by atoms with Crippen LogP contribution in [-0.4, -0.2) is 18.0 Å². The number of nitrogens with zero attached hydrogens (tertiary/aromatic N) is 1. The summed E-state index contributed by atoms with van der Waals surface area (Å²) in [5, 5.41) is 0. The van der Waals surface area contributed by atoms with Gasteiger partial charge in [0.25, 0.3) is 0 Å². The van der Waals surface area contributed by atoms with Crippen LogP contribution in [0.25, 0.3) is 0 Å². The molecule has 2 rings (SSSR count). The van der Waals surface area contributed by atoms with Crippen molar-refractivity contribution in [2.45, 2.75) is 26.4 Å². The second-order valence-electron chi connectivity index (χ2n) is 5.03. The molecule has 1 atom stereocenters. The Hall–Kier alpha value is -1.00. The van der Waals surface area contributed by atoms with Crippen LogP contribution in [0.5, 0.6) is 0 Å². The molecule has 1 unspecified atom stereocenters. The van der Waals surface area contributed by atoms with Gasteiger partial charge < -0.3 is 5.73 Å². The highest BCUT2D eigenvalue weighted by atomic mass is 19.1. The van der Waals surface area contributed by atoms with Gasteiger partial charge in [-0.05, 0) is 17.5 Å². The molecule has 0 fully saturated rings. The average molecular weight is 240 g/mol. The van der Waals surface area contributed by atoms with E-state index in [9.17, 15) is 8.78 Å². The molecule has 1 aliphatic heterocycles. The van der Waals surface area contributed by atoms with Crippen molar-refractivity contribution < 1.29 is 8.78 Å². The first-order chi connectivity index (χ1) is 8.02. The molecule has 2 nitrogen and oxygen atoms in total. The zero-order valence-electron chi connectivity index (χ0n) is 10.2. The van der Waals surface area contributed by atoms with Gasteiger partial charge in [0.15, 0.2) is 0 Å². The van der Waals surface area contributed by atoms with Gasteiger partial charge >= 0.3 is 0 Å². The molecule has 4 heteroatoms. The van der Waals surface area contributed by atoms with E-state index >= 15 is 0 Å². The maximum Gasteiger partial charge on any atom is 0.130 e. The first-order valence-electron chi connectivity index (χ1n) is 5.94. The molecule has 0 radical (unpaired) electrons. The Morgan fingerprint density at radius 2 is 2.12 bits per heavy atom. The van der Waals surface area contributed by atoms with Crippen LogP contribution in [0.15, 0.2) is 12.1 Å². The lowest BCUT2D eigenvalue weighted by atomic mass is 10.0. The molecule has 2 N–H and O–H groups in total. The summed E-state index contributed by atoms with van der Waals surface area (Å²) in [6.45, 7) is 5.97. The lowest BCUT2D eigenvalue weighted by Gasteiger charge is -2.25. The highest BCUT2D eigenvalue weighted by Crippen LogP contribution is 2.35. The van der Waals surface area contributed by atoms with Crippen LogP contribution in [0, 0.1) is 17.6 Å². The Bertz CT molecular complexity index is 418. The number of nitrogens with two attached hydrogens (primary N) is 1. The number of halogens is 2. The zero-order chi connectivity index (χ0) is 12.6. The van der Waals surface area contributed by atoms with E-state index in [1.165, 1.54) is 6.07 Å². The molecule has 0 amide bonds. The largest absolute Gasteiger partial charge is 0.329 e. The van der Waals surface area contributed by atoms with Crippen LogP contribution in [-0.2, 0) is 6.54 Å². The van der Waals surface area contributed by atoms with Gasteiger partial charge in [0.05, 0.1) is 0 Å². The predicted octanol–water partition coefficient (Wildman–Crippen LogP) is 2.44. The average Bonchev–Trinajstić information content (AvgIpc) is 2.54. The van der Waals surface area contributed by atoms with Crippen molar-refractivity contribution in [3.05, 3.63) is 34.9 Å². The molecule has 94 valence electrons. The van der Waals surface area contributed by atoms with Gasteiger partial charge in [0.2, 0.25) is 0 Å². The number of rotatable bonds is 3. The van der Waals surface area contributed by atoms with Gasteiger partial charge in [-0.25, -0.2) is 8.78 Å². The van der Waals surface area contributed by atoms with E-state index in [1.807, 2.05) is 0 Å². The van der Waals surface area contributed by atoms with Crippen LogP contribution >= 0.6 is 0 Å². The lowest BCUT2D eigenvalue weighted by molar-refractivity contribution is 0.195. The maximum atomic E-state index is 13.7. The van der Waals surface area contributed by atoms with Crippen molar-refractivity contribution in [3.8, 4) is 0 Å². The van der Waals surface area contributed by atoms with Gasteiger partial charge in [0, 0.05) is 37.3 Å². The van der Waals surface area contributed by atoms with Crippen LogP contribution in [0.4, 0.5) is 8.78 Å². The highest BCUT2D eigenvalue weighted by Gasteiger charge is 2.31. The summed E-state index contributed by atoms with van der Waals surface area (Å²) in [5.41, 5.74) is 7.04. The SMILES string of the molecule is CC(C)CN1Cc2c(F)cc(F)cc2C1CN. The third-order valence-corrected chi connectivity index (χ3v) is 3.18. The molecular weight excluding hydrogens is 222 g/mol. The van der Waals surface area contributed by atoms with Crippen LogP contribution in [0.3, 0.4) is 0 Å². The molecular formula is C13H18F2N2. The van der Waals surface area contributed by atoms with Crippen molar-refractivity contribution in [1.82, 2.24) is 4.90 Å². The van der Waals surface area contributed by atoms with Crippen LogP contribution < -0.4 is 5.73 Å². The predicted molar refractivity (Wildman–Crippen MR) is 63.4 cm³/mol. The summed E-state index contributed by atoms with van der Waals surface area (Å²) < 4.78 is 26.9. The molecule has 0 aliphatic carbocycles. The molecule has 0 bridgehead atoms. The Kier molecular flexibility index (Phi) is 3.45. The Labute approximate surface area is 100 Å². The van der Waals surface area contributed by atoms with Gasteiger partial charge in [-0.1, -0.05) is 13.8 Å². The number of hydrogen-bond acceptors (Lipinski definition) is 2. The maximum absolute atomic E-state index is 13.7. The van der Waals surface area contributed by atoms with Gasteiger partial charge in [-0.2, -0.15) is 0 Å². The van der Waals surface area contributed by atoms with E-state index in [-0.39, 0.29) is 6.04 Å². The number of benzene rings is 1. The Morgan fingerprint density at radius 1 is 1.41 bits per heavy atom. The number of fused-ring (bicyclic) bond motifs is 1. The van der Waals surface area contributed by atoms with Crippen molar-refractivity contribution >= 4 is 0 Å². The molecule has 0 saturated carbocycles. The monoisotopic (exact) mass is 240 g/mol. The fraction of sp³-hybridized carbons (Fsp3) is 0.538. The summed E-state index contributed by atoms with van der Waals surface area (Å²) in [6.07, 6.45) is 0. The first kappa shape index (κ1) is 12.5. The second-order valence-corrected chi connectivity index (χ2v) is 5.03. The molecule has 0 spiro atoms. The molecule has 17 heavy (non-hydrogen) atoms. The Balaban J connectivity index is 2.34. The van der Waals surface area contributed by atoms with Crippen LogP contribution in [0.1, 0.15) is 31.0 Å². The van der Waals surface area contributed by atoms with Crippen molar-refractivity contribution in [1.29, 1.82) is 0 Å². The summed E-state index contributed by atoms with van der Waals surface area (Å²) in [6, 6.07) is 2.30. The minimum absolute atomic E-state index is 0.0578. The lowest BCUT2D eigenvalue weighted by Crippen LogP contribution is -2.30. The molecule has 1 aliphatic rings. The minimum atomic E-state index is -0.522. The molecule has 0 aromatic heterocycles. The van der Waals surface area contributed by atoms with Crippen molar-refractivity contribution in [2.75, 3.05) is 13.1 Å². The van der Waals surface area contributed by atoms with E-state index in [4.69, 9.17) is 5.73 Å². The fourth-order valence-corrected chi connectivity index (χ4v) is 2.53. The van der Waals surface area contributed by atoms with E-state index in [0.29, 0.717) is 30.1 Å². The summed E-state index contributed by atoms with van der Waals surface area (Å²) in [4.78, 5) is 2.12. The second kappa shape index (κ2) is 4.70.